The number of phenolic OH excluding ortho intramolecular Hbond substituents is 2. The molecule has 0 saturated heterocycles. The Kier molecular flexibility index (Phi) is 25.3. The molecular weight excluding hydrogens is 2340 g/mol. The van der Waals surface area contributed by atoms with Gasteiger partial charge in [-0.15, -0.1) is 54.5 Å². The van der Waals surface area contributed by atoms with E-state index in [0.29, 0.717) is 22.5 Å². The molecule has 0 bridgehead atoms. The third kappa shape index (κ3) is 17.7. The van der Waals surface area contributed by atoms with Crippen LogP contribution >= 0.6 is 0 Å². The average Bonchev–Trinajstić information content (AvgIpc) is 1.57. The quantitative estimate of drug-likeness (QED) is 0.131. The molecule has 0 spiro atoms. The van der Waals surface area contributed by atoms with Crippen LogP contribution in [-0.2, 0) is 109 Å². The predicted molar refractivity (Wildman–Crippen MR) is 591 cm³/mol. The zero-order chi connectivity index (χ0) is 99.0. The first-order chi connectivity index (χ1) is 68.5. The Labute approximate surface area is 892 Å². The first-order valence-electron chi connectivity index (χ1n) is 49.5. The molecule has 1 aliphatic rings. The summed E-state index contributed by atoms with van der Waals surface area (Å²) in [6.45, 7) is 40.6. The minimum atomic E-state index is -0.104. The van der Waals surface area contributed by atoms with E-state index in [0.717, 1.165) is 179 Å². The molecule has 0 radical (unpaired) electrons. The summed E-state index contributed by atoms with van der Waals surface area (Å²) < 4.78 is 6.18. The van der Waals surface area contributed by atoms with Crippen molar-refractivity contribution in [2.45, 2.75) is 170 Å². The van der Waals surface area contributed by atoms with Crippen molar-refractivity contribution in [3.05, 3.63) is 366 Å². The number of phenols is 2. The van der Waals surface area contributed by atoms with Crippen molar-refractivity contribution in [1.82, 2.24) is 64.2 Å². The van der Waals surface area contributed by atoms with Gasteiger partial charge in [-0.3, -0.25) is 9.80 Å². The topological polar surface area (TPSA) is 195 Å². The standard InChI is InChI=1S/C48H42N6.C42H38N5O.C36H33N4O.3Pt/c1-47(2,3)30-22-24-39-36(26-30)37-27-31(48(4,5)6)28-41(44(37)49-39)54-40-19-13-11-17-35(40)46(52-54)53(32-14-8-7-9-15-32)42-25-21-29-20-23-34-33-16-10-12-18-38(33)50-45(34)43(29)51-42;1-41(2,3)27-20-21-33-31(23-27)32-24-28(42(4,5)6)25-35(39(32)43-33)47-34-17-11-10-16-30(34)40(45-47)46(29-14-8-7-9-15-29)37-22-19-26-13-12-18-36(48)38(26)44-37;1-35(2,3)22-15-17-27-25(18-22)26-19-23(36(4,5)6)20-30(34(26)37-27)40-29-12-8-7-11-24(29)33(39-40)28-16-14-21-10-9-13-31(41)32(21)38-28;;;/h7-19,21-22,24-28H,20,23H2,1-6H3;7-25,48H,1-6H3;7-20H,1-6H3,(H,39,41);;;/q-2;2*-1;;;+2. The Morgan fingerprint density at radius 3 is 1.08 bits per heavy atom. The molecule has 0 fully saturated rings. The zero-order valence-electron chi connectivity index (χ0n) is 85.1. The van der Waals surface area contributed by atoms with Crippen molar-refractivity contribution in [2.75, 3.05) is 9.80 Å². The fraction of sp³-hybridized carbons (Fsp3) is 0.206. The summed E-state index contributed by atoms with van der Waals surface area (Å²) in [6.07, 6.45) is 1.90. The molecule has 0 aliphatic heterocycles. The normalized spacial score (nSPS) is 12.6. The third-order valence-electron chi connectivity index (χ3n) is 28.5. The van der Waals surface area contributed by atoms with Crippen LogP contribution in [0.2, 0.25) is 0 Å². The smallest absolute Gasteiger partial charge is 0.655 e. The van der Waals surface area contributed by atoms with Gasteiger partial charge in [-0.2, -0.15) is 5.10 Å². The van der Waals surface area contributed by atoms with Crippen LogP contribution in [0.25, 0.3) is 171 Å². The fourth-order valence-electron chi connectivity index (χ4n) is 20.4. The van der Waals surface area contributed by atoms with Crippen molar-refractivity contribution in [3.8, 4) is 51.3 Å². The predicted octanol–water partition coefficient (Wildman–Crippen LogP) is 31.0. The summed E-state index contributed by atoms with van der Waals surface area (Å²) >= 11 is 0. The van der Waals surface area contributed by atoms with Crippen LogP contribution in [-0.4, -0.2) is 54.5 Å². The summed E-state index contributed by atoms with van der Waals surface area (Å²) in [5, 5.41) is 50.3. The number of pyridine rings is 3. The van der Waals surface area contributed by atoms with Gasteiger partial charge in [-0.25, -0.2) is 29.0 Å². The van der Waals surface area contributed by atoms with Gasteiger partial charge < -0.3 is 30.1 Å². The number of aryl methyl sites for hydroxylation is 2. The Morgan fingerprint density at radius 2 is 0.637 bits per heavy atom. The fourth-order valence-corrected chi connectivity index (χ4v) is 20.4. The molecule has 2 N–H and O–H groups in total. The molecule has 736 valence electrons. The summed E-state index contributed by atoms with van der Waals surface area (Å²) in [5.74, 6) is 3.31. The molecule has 14 aromatic carbocycles. The first-order valence-corrected chi connectivity index (χ1v) is 49.5. The second-order valence-electron chi connectivity index (χ2n) is 44.5. The maximum absolute atomic E-state index is 10.7. The molecule has 1 aliphatic carbocycles. The Bertz CT molecular complexity index is 9230. The van der Waals surface area contributed by atoms with Gasteiger partial charge in [0.25, 0.3) is 0 Å². The van der Waals surface area contributed by atoms with Crippen molar-refractivity contribution in [1.29, 1.82) is 0 Å². The van der Waals surface area contributed by atoms with Crippen LogP contribution < -0.4 is 29.7 Å². The molecular formula is C126H113N15O2Pt3-2. The number of para-hydroxylation sites is 8. The number of anilines is 6. The molecule has 0 unspecified atom stereocenters. The summed E-state index contributed by atoms with van der Waals surface area (Å²) in [4.78, 5) is 40.4. The molecule has 0 amide bonds. The van der Waals surface area contributed by atoms with Crippen molar-refractivity contribution < 1.29 is 73.4 Å². The Morgan fingerprint density at radius 1 is 0.281 bits per heavy atom. The van der Waals surface area contributed by atoms with Crippen LogP contribution in [0, 0.1) is 0 Å². The van der Waals surface area contributed by atoms with Crippen LogP contribution in [0.4, 0.5) is 34.6 Å². The van der Waals surface area contributed by atoms with Crippen LogP contribution in [0.15, 0.2) is 322 Å². The van der Waals surface area contributed by atoms with Crippen molar-refractivity contribution in [2.24, 2.45) is 0 Å². The minimum Gasteiger partial charge on any atom is -0.655 e. The van der Waals surface area contributed by atoms with Gasteiger partial charge in [-0.05, 0) is 231 Å². The van der Waals surface area contributed by atoms with Gasteiger partial charge in [-0.1, -0.05) is 343 Å². The van der Waals surface area contributed by atoms with Gasteiger partial charge in [0.1, 0.15) is 39.9 Å². The maximum atomic E-state index is 10.7. The van der Waals surface area contributed by atoms with E-state index in [1.165, 1.54) is 60.7 Å². The van der Waals surface area contributed by atoms with Gasteiger partial charge in [0.15, 0.2) is 11.6 Å². The van der Waals surface area contributed by atoms with Crippen LogP contribution in [0.5, 0.6) is 11.5 Å². The van der Waals surface area contributed by atoms with Gasteiger partial charge in [0.2, 0.25) is 0 Å². The summed E-state index contributed by atoms with van der Waals surface area (Å²) in [5.41, 5.74) is 28.9. The van der Waals surface area contributed by atoms with Crippen LogP contribution in [0.3, 0.4) is 0 Å². The molecule has 10 aromatic heterocycles. The number of aromatic nitrogens is 13. The number of hydrogen-bond donors (Lipinski definition) is 2. The van der Waals surface area contributed by atoms with E-state index in [1.807, 2.05) is 94.3 Å². The van der Waals surface area contributed by atoms with Gasteiger partial charge in [0, 0.05) is 80.4 Å². The molecule has 25 rings (SSSR count). The van der Waals surface area contributed by atoms with Crippen molar-refractivity contribution in [3.63, 3.8) is 0 Å². The second-order valence-corrected chi connectivity index (χ2v) is 44.5. The number of fused-ring (bicyclic) bond motifs is 19. The molecule has 146 heavy (non-hydrogen) atoms. The second kappa shape index (κ2) is 37.3. The molecule has 0 atom stereocenters. The number of benzene rings is 14. The SMILES string of the molecule is CC(C)(C)c1ccc2[n-]c3c(-n4nc(-c5ccc6cccc(O)c6n5)c5ccccc54)cc(C(C)(C)C)cc3c2c1.CC(C)(C)c1ccc2[n-]c3c(-n4nc(N(c5ccccc5)c5ccc6c(n5)-c5[n-]c7ccccc7c5CC6)c5ccccc54)cc(C(C)(C)C)cc3c2c1.CC(C)(C)c1ccc2[n-]c3c(-n4nc(N(c5ccccc5)c5ccc6cccc(O)c6n5)c5ccccc54)cc(C(C)(C)C)cc3c2c1.[Pt+2].[Pt].[Pt]. The number of rotatable bonds is 10. The molecule has 10 heterocycles. The average molecular weight is 2450 g/mol. The Hall–Kier alpha value is -14.3. The van der Waals surface area contributed by atoms with Gasteiger partial charge in [0.05, 0.1) is 45.0 Å². The maximum Gasteiger partial charge on any atom is 2.00 e. The third-order valence-corrected chi connectivity index (χ3v) is 28.5. The Balaban J connectivity index is 0.000000133. The largest absolute Gasteiger partial charge is 2.00 e. The van der Waals surface area contributed by atoms with Crippen molar-refractivity contribution >= 4 is 165 Å². The van der Waals surface area contributed by atoms with E-state index in [9.17, 15) is 10.2 Å². The van der Waals surface area contributed by atoms with E-state index >= 15 is 0 Å². The number of nitrogens with zero attached hydrogens (tertiary/aromatic N) is 15. The van der Waals surface area contributed by atoms with E-state index < -0.39 is 0 Å². The molecule has 20 heteroatoms. The van der Waals surface area contributed by atoms with Crippen LogP contribution in [0.1, 0.15) is 169 Å². The van der Waals surface area contributed by atoms with E-state index in [-0.39, 0.29) is 107 Å². The monoisotopic (exact) mass is 2450 g/mol. The number of aromatic hydroxyl groups is 2. The molecule has 17 nitrogen and oxygen atoms in total. The van der Waals surface area contributed by atoms with Gasteiger partial charge >= 0.3 is 21.1 Å². The summed E-state index contributed by atoms with van der Waals surface area (Å²) in [6, 6.07) is 111. The molecule has 0 saturated carbocycles. The molecule has 24 aromatic rings. The minimum absolute atomic E-state index is 0. The summed E-state index contributed by atoms with van der Waals surface area (Å²) in [7, 11) is 0. The number of hydrogen-bond acceptors (Lipinski definition) is 10. The van der Waals surface area contributed by atoms with E-state index in [1.54, 1.807) is 12.1 Å². The zero-order valence-corrected chi connectivity index (χ0v) is 91.9. The van der Waals surface area contributed by atoms with E-state index in [2.05, 4.69) is 364 Å². The van der Waals surface area contributed by atoms with E-state index in [4.69, 9.17) is 50.2 Å². The first kappa shape index (κ1) is 99.0.